The van der Waals surface area contributed by atoms with Gasteiger partial charge in [-0.05, 0) is 43.1 Å². The van der Waals surface area contributed by atoms with Crippen molar-refractivity contribution in [3.63, 3.8) is 0 Å². The van der Waals surface area contributed by atoms with E-state index in [0.717, 1.165) is 16.8 Å². The monoisotopic (exact) mass is 673 g/mol. The summed E-state index contributed by atoms with van der Waals surface area (Å²) in [6.45, 7) is 0.972. The molecule has 1 saturated heterocycles. The molecule has 4 aliphatic rings. The van der Waals surface area contributed by atoms with Crippen LogP contribution in [0.25, 0.3) is 0 Å². The minimum atomic E-state index is -1.05. The fourth-order valence-corrected chi connectivity index (χ4v) is 6.55. The van der Waals surface area contributed by atoms with Gasteiger partial charge in [0.25, 0.3) is 12.1 Å². The van der Waals surface area contributed by atoms with Crippen molar-refractivity contribution in [2.24, 2.45) is 0 Å². The fourth-order valence-electron chi connectivity index (χ4n) is 6.55. The minimum absolute atomic E-state index is 0.146. The van der Waals surface area contributed by atoms with E-state index in [1.165, 1.54) is 16.9 Å². The number of carbonyl (C=O) groups is 5. The van der Waals surface area contributed by atoms with Gasteiger partial charge in [-0.1, -0.05) is 42.5 Å². The van der Waals surface area contributed by atoms with Crippen LogP contribution in [0.3, 0.4) is 0 Å². The maximum Gasteiger partial charge on any atom is 0.328 e. The van der Waals surface area contributed by atoms with Gasteiger partial charge in [0, 0.05) is 19.4 Å². The third-order valence-corrected chi connectivity index (χ3v) is 9.09. The van der Waals surface area contributed by atoms with E-state index in [9.17, 15) is 24.0 Å². The number of likely N-dealkylation sites (N-methyl/N-ethyl adjacent to an activating group) is 1. The van der Waals surface area contributed by atoms with Crippen LogP contribution in [-0.4, -0.2) is 101 Å². The van der Waals surface area contributed by atoms with Gasteiger partial charge in [0.1, 0.15) is 43.6 Å². The maximum absolute atomic E-state index is 13.8. The summed E-state index contributed by atoms with van der Waals surface area (Å²) >= 11 is 0. The quantitative estimate of drug-likeness (QED) is 0.238. The Morgan fingerprint density at radius 1 is 1.04 bits per heavy atom. The lowest BCUT2D eigenvalue weighted by atomic mass is 10.0. The van der Waals surface area contributed by atoms with Crippen LogP contribution in [0, 0.1) is 0 Å². The van der Waals surface area contributed by atoms with E-state index in [1.807, 2.05) is 48.7 Å². The lowest BCUT2D eigenvalue weighted by Crippen LogP contribution is -2.57. The first-order valence-corrected chi connectivity index (χ1v) is 16.4. The zero-order valence-electron chi connectivity index (χ0n) is 27.5. The highest BCUT2D eigenvalue weighted by Gasteiger charge is 2.42. The molecule has 15 nitrogen and oxygen atoms in total. The van der Waals surface area contributed by atoms with Gasteiger partial charge in [-0.15, -0.1) is 9.36 Å². The van der Waals surface area contributed by atoms with Crippen molar-refractivity contribution in [3.8, 4) is 5.75 Å². The third kappa shape index (κ3) is 7.56. The Bertz CT molecular complexity index is 1700. The predicted molar refractivity (Wildman–Crippen MR) is 172 cm³/mol. The van der Waals surface area contributed by atoms with Gasteiger partial charge >= 0.3 is 5.97 Å². The molecule has 15 heteroatoms. The van der Waals surface area contributed by atoms with Crippen molar-refractivity contribution in [2.45, 2.75) is 63.1 Å². The van der Waals surface area contributed by atoms with Gasteiger partial charge in [-0.3, -0.25) is 24.5 Å². The van der Waals surface area contributed by atoms with Crippen molar-refractivity contribution < 1.29 is 38.1 Å². The van der Waals surface area contributed by atoms with E-state index in [1.54, 1.807) is 28.5 Å². The minimum Gasteiger partial charge on any atom is -0.489 e. The molecular weight excluding hydrogens is 632 g/mol. The largest absolute Gasteiger partial charge is 0.489 e. The van der Waals surface area contributed by atoms with Crippen LogP contribution < -0.4 is 25.4 Å². The number of esters is 1. The first kappa shape index (κ1) is 33.6. The van der Waals surface area contributed by atoms with Gasteiger partial charge in [0.2, 0.25) is 17.7 Å². The normalized spacial score (nSPS) is 23.5. The molecule has 2 aromatic carbocycles. The van der Waals surface area contributed by atoms with Crippen molar-refractivity contribution in [2.75, 3.05) is 33.9 Å². The summed E-state index contributed by atoms with van der Waals surface area (Å²) in [5.41, 5.74) is 2.29. The second kappa shape index (κ2) is 14.8. The molecule has 4 aliphatic heterocycles. The topological polar surface area (TPSA) is 168 Å². The maximum atomic E-state index is 13.8. The Morgan fingerprint density at radius 3 is 2.55 bits per heavy atom. The number of rotatable bonds is 4. The standard InChI is InChI=1S/C34H40N8O7/c1-35-30-33(46)39-19-24-20-40(38-42(24)30)15-16-49-25-12-10-23(11-13-25)18-27(34(47)48-2)37-31(44)26(17-22-7-4-3-5-8-22)36-32(45)28-9-6-14-41(28)29(43)21-39/h3-5,7-8,10-13,20,26-28,30,35H,6,9,14-19,21H2,1-2H3,(H-,36,37,44,45)/p+1. The van der Waals surface area contributed by atoms with E-state index in [0.29, 0.717) is 38.3 Å². The number of hydrogen-bond acceptors (Lipinski definition) is 9. The van der Waals surface area contributed by atoms with Crippen molar-refractivity contribution in [3.05, 3.63) is 77.6 Å². The molecule has 7 rings (SSSR count). The molecule has 0 radical (unpaired) electrons. The van der Waals surface area contributed by atoms with Crippen LogP contribution in [0.5, 0.6) is 5.75 Å². The number of hydrogen-bond donors (Lipinski definition) is 3. The zero-order valence-corrected chi connectivity index (χ0v) is 27.5. The summed E-state index contributed by atoms with van der Waals surface area (Å²) in [6.07, 6.45) is 2.31. The first-order chi connectivity index (χ1) is 23.7. The zero-order chi connectivity index (χ0) is 34.5. The molecule has 4 amide bonds. The Balaban J connectivity index is 1.31. The summed E-state index contributed by atoms with van der Waals surface area (Å²) < 4.78 is 14.3. The number of nitrogens with zero attached hydrogens (tertiary/aromatic N) is 5. The van der Waals surface area contributed by atoms with Crippen LogP contribution in [0.2, 0.25) is 0 Å². The SMILES string of the molecule is CNC1C(=O)N2CC(=O)N3CCCC3C(=O)NC(Cc3ccccc3)C(=O)NC(C(=O)OC)Cc3ccc(cc3)OCC[n+]3cc(n1n3)C2. The highest BCUT2D eigenvalue weighted by atomic mass is 16.5. The van der Waals surface area contributed by atoms with Crippen LogP contribution in [0.1, 0.15) is 35.8 Å². The molecule has 0 saturated carbocycles. The van der Waals surface area contributed by atoms with E-state index < -0.39 is 42.1 Å². The van der Waals surface area contributed by atoms with E-state index in [2.05, 4.69) is 21.2 Å². The van der Waals surface area contributed by atoms with Gasteiger partial charge in [0.05, 0.1) is 18.9 Å². The predicted octanol–water partition coefficient (Wildman–Crippen LogP) is -0.758. The second-order valence-electron chi connectivity index (χ2n) is 12.4. The molecule has 4 atom stereocenters. The average molecular weight is 674 g/mol. The number of benzene rings is 2. The van der Waals surface area contributed by atoms with Crippen LogP contribution in [0.4, 0.5) is 0 Å². The highest BCUT2D eigenvalue weighted by molar-refractivity contribution is 5.95. The second-order valence-corrected chi connectivity index (χ2v) is 12.4. The molecule has 3 N–H and O–H groups in total. The Morgan fingerprint density at radius 2 is 1.82 bits per heavy atom. The van der Waals surface area contributed by atoms with Gasteiger partial charge < -0.3 is 29.9 Å². The number of amides is 4. The summed E-state index contributed by atoms with van der Waals surface area (Å²) in [6, 6.07) is 13.5. The van der Waals surface area contributed by atoms with Crippen molar-refractivity contribution in [1.29, 1.82) is 0 Å². The number of fused-ring (bicyclic) bond motifs is 11. The Kier molecular flexibility index (Phi) is 10.2. The smallest absolute Gasteiger partial charge is 0.328 e. The number of methoxy groups -OCH3 is 1. The lowest BCUT2D eigenvalue weighted by molar-refractivity contribution is -0.755. The number of carbonyl (C=O) groups excluding carboxylic acids is 5. The van der Waals surface area contributed by atoms with Gasteiger partial charge in [-0.2, -0.15) is 0 Å². The van der Waals surface area contributed by atoms with Gasteiger partial charge in [0.15, 0.2) is 11.9 Å². The molecule has 49 heavy (non-hydrogen) atoms. The average Bonchev–Trinajstić information content (AvgIpc) is 3.76. The van der Waals surface area contributed by atoms with Crippen LogP contribution in [0.15, 0.2) is 60.8 Å². The number of nitrogens with one attached hydrogen (secondary N) is 3. The number of aromatic nitrogens is 3. The van der Waals surface area contributed by atoms with Crippen molar-refractivity contribution in [1.82, 2.24) is 35.6 Å². The van der Waals surface area contributed by atoms with Crippen LogP contribution >= 0.6 is 0 Å². The molecule has 3 aromatic rings. The molecule has 1 fully saturated rings. The third-order valence-electron chi connectivity index (χ3n) is 9.09. The summed E-state index contributed by atoms with van der Waals surface area (Å²) in [5.74, 6) is -1.76. The molecule has 4 unspecified atom stereocenters. The summed E-state index contributed by atoms with van der Waals surface area (Å²) in [5, 5.41) is 13.2. The molecule has 5 bridgehead atoms. The van der Waals surface area contributed by atoms with Gasteiger partial charge in [-0.25, -0.2) is 4.79 Å². The van der Waals surface area contributed by atoms with E-state index in [-0.39, 0.29) is 37.7 Å². The van der Waals surface area contributed by atoms with E-state index in [4.69, 9.17) is 9.47 Å². The fraction of sp³-hybridized carbons (Fsp3) is 0.441. The molecule has 1 aromatic heterocycles. The number of ether oxygens (including phenoxy) is 2. The molecule has 0 aliphatic carbocycles. The lowest BCUT2D eigenvalue weighted by Gasteiger charge is -2.31. The highest BCUT2D eigenvalue weighted by Crippen LogP contribution is 2.22. The Labute approximate surface area is 283 Å². The molecule has 5 heterocycles. The summed E-state index contributed by atoms with van der Waals surface area (Å²) in [4.78, 5) is 70.7. The van der Waals surface area contributed by atoms with Crippen molar-refractivity contribution >= 4 is 29.6 Å². The van der Waals surface area contributed by atoms with Crippen LogP contribution in [-0.2, 0) is 54.6 Å². The van der Waals surface area contributed by atoms with E-state index >= 15 is 0 Å². The Hall–Kier alpha value is -5.31. The summed E-state index contributed by atoms with van der Waals surface area (Å²) in [7, 11) is 2.91. The molecule has 0 spiro atoms. The first-order valence-electron chi connectivity index (χ1n) is 16.4. The molecule has 258 valence electrons. The molecular formula is C34H41N8O7+.